The standard InChI is InChI=1S/C20H26N2O2S/c1-4-22(5-2)12-11-21-18-7-6-8-20-17(18)14-15-13-16(24-3)9-10-19(15)25(20)23/h6-10,13,21H,4-5,11-12,14H2,1-3H3. The molecule has 0 aromatic heterocycles. The molecule has 0 saturated carbocycles. The zero-order valence-corrected chi connectivity index (χ0v) is 16.0. The van der Waals surface area contributed by atoms with Crippen molar-refractivity contribution in [2.45, 2.75) is 30.1 Å². The summed E-state index contributed by atoms with van der Waals surface area (Å²) in [6, 6.07) is 11.9. The highest BCUT2D eigenvalue weighted by molar-refractivity contribution is 7.91. The fraction of sp³-hybridized carbons (Fsp3) is 0.400. The minimum absolute atomic E-state index is 0.780. The van der Waals surface area contributed by atoms with Crippen molar-refractivity contribution in [3.8, 4) is 5.75 Å². The van der Waals surface area contributed by atoms with Gasteiger partial charge in [0, 0.05) is 47.5 Å². The normalized spacial score (nSPS) is 15.6. The van der Waals surface area contributed by atoms with E-state index in [2.05, 4.69) is 30.1 Å². The van der Waals surface area contributed by atoms with E-state index in [9.17, 15) is 4.55 Å². The predicted octanol–water partition coefficient (Wildman–Crippen LogP) is 3.52. The summed E-state index contributed by atoms with van der Waals surface area (Å²) >= 11 is -1.13. The van der Waals surface area contributed by atoms with Crippen molar-refractivity contribution in [2.75, 3.05) is 38.6 Å². The molecule has 0 bridgehead atoms. The lowest BCUT2D eigenvalue weighted by atomic mass is 10.0. The third-order valence-electron chi connectivity index (χ3n) is 4.81. The Morgan fingerprint density at radius 1 is 1.16 bits per heavy atom. The molecule has 4 nitrogen and oxygen atoms in total. The van der Waals surface area contributed by atoms with Gasteiger partial charge in [-0.2, -0.15) is 0 Å². The van der Waals surface area contributed by atoms with Crippen molar-refractivity contribution in [2.24, 2.45) is 0 Å². The van der Waals surface area contributed by atoms with E-state index in [1.165, 1.54) is 0 Å². The maximum atomic E-state index is 13.0. The number of methoxy groups -OCH3 is 1. The van der Waals surface area contributed by atoms with E-state index in [1.54, 1.807) is 7.11 Å². The van der Waals surface area contributed by atoms with E-state index < -0.39 is 11.2 Å². The SMILES string of the molecule is CCN(CC)CCNc1cccc2c1Cc1cc(OC)ccc1[S+]2[O-]. The highest BCUT2D eigenvalue weighted by Gasteiger charge is 2.30. The van der Waals surface area contributed by atoms with Gasteiger partial charge in [-0.25, -0.2) is 0 Å². The Kier molecular flexibility index (Phi) is 5.89. The molecule has 3 rings (SSSR count). The van der Waals surface area contributed by atoms with Crippen molar-refractivity contribution in [3.63, 3.8) is 0 Å². The molecule has 1 heterocycles. The average molecular weight is 359 g/mol. The van der Waals surface area contributed by atoms with Gasteiger partial charge in [-0.05, 0) is 43.4 Å². The fourth-order valence-corrected chi connectivity index (χ4v) is 4.69. The summed E-state index contributed by atoms with van der Waals surface area (Å²) in [5, 5.41) is 3.54. The molecule has 25 heavy (non-hydrogen) atoms. The molecule has 1 N–H and O–H groups in total. The Hall–Kier alpha value is -1.69. The number of rotatable bonds is 7. The van der Waals surface area contributed by atoms with E-state index in [0.29, 0.717) is 0 Å². The Morgan fingerprint density at radius 2 is 1.96 bits per heavy atom. The van der Waals surface area contributed by atoms with E-state index in [0.717, 1.165) is 65.0 Å². The first-order chi connectivity index (χ1) is 12.2. The van der Waals surface area contributed by atoms with Gasteiger partial charge < -0.3 is 19.5 Å². The van der Waals surface area contributed by atoms with Crippen molar-refractivity contribution in [1.82, 2.24) is 4.90 Å². The molecule has 1 aliphatic heterocycles. The van der Waals surface area contributed by atoms with Gasteiger partial charge in [0.2, 0.25) is 0 Å². The number of benzene rings is 2. The molecule has 1 aliphatic rings. The number of anilines is 1. The summed E-state index contributed by atoms with van der Waals surface area (Å²) in [4.78, 5) is 4.21. The van der Waals surface area contributed by atoms with Crippen LogP contribution < -0.4 is 10.1 Å². The third-order valence-corrected chi connectivity index (χ3v) is 6.39. The van der Waals surface area contributed by atoms with Crippen LogP contribution in [0.25, 0.3) is 0 Å². The number of fused-ring (bicyclic) bond motifs is 2. The zero-order valence-electron chi connectivity index (χ0n) is 15.2. The van der Waals surface area contributed by atoms with Gasteiger partial charge in [0.05, 0.1) is 7.11 Å². The molecule has 0 fully saturated rings. The molecular formula is C20H26N2O2S. The predicted molar refractivity (Wildman–Crippen MR) is 103 cm³/mol. The molecule has 0 amide bonds. The molecule has 2 aromatic rings. The number of nitrogens with zero attached hydrogens (tertiary/aromatic N) is 1. The first-order valence-electron chi connectivity index (χ1n) is 8.84. The summed E-state index contributed by atoms with van der Waals surface area (Å²) in [5.41, 5.74) is 3.32. The summed E-state index contributed by atoms with van der Waals surface area (Å²) in [7, 11) is 1.66. The summed E-state index contributed by atoms with van der Waals surface area (Å²) in [6.45, 7) is 8.37. The Morgan fingerprint density at radius 3 is 2.68 bits per heavy atom. The van der Waals surface area contributed by atoms with Crippen molar-refractivity contribution in [1.29, 1.82) is 0 Å². The van der Waals surface area contributed by atoms with Crippen LogP contribution in [0.1, 0.15) is 25.0 Å². The molecule has 5 heteroatoms. The van der Waals surface area contributed by atoms with Gasteiger partial charge in [0.25, 0.3) is 0 Å². The minimum atomic E-state index is -1.13. The summed E-state index contributed by atoms with van der Waals surface area (Å²) < 4.78 is 18.3. The number of hydrogen-bond acceptors (Lipinski definition) is 4. The van der Waals surface area contributed by atoms with Crippen LogP contribution >= 0.6 is 0 Å². The molecule has 0 saturated heterocycles. The van der Waals surface area contributed by atoms with Crippen LogP contribution in [0.5, 0.6) is 5.75 Å². The van der Waals surface area contributed by atoms with Crippen molar-refractivity contribution >= 4 is 16.9 Å². The van der Waals surface area contributed by atoms with Crippen LogP contribution in [0.4, 0.5) is 5.69 Å². The molecular weight excluding hydrogens is 332 g/mol. The first-order valence-corrected chi connectivity index (χ1v) is 9.99. The van der Waals surface area contributed by atoms with Gasteiger partial charge in [-0.3, -0.25) is 0 Å². The van der Waals surface area contributed by atoms with E-state index in [1.807, 2.05) is 30.3 Å². The highest BCUT2D eigenvalue weighted by atomic mass is 32.2. The van der Waals surface area contributed by atoms with Gasteiger partial charge in [0.15, 0.2) is 9.79 Å². The van der Waals surface area contributed by atoms with Crippen LogP contribution in [0.3, 0.4) is 0 Å². The summed E-state index contributed by atoms with van der Waals surface area (Å²) in [6.07, 6.45) is 0.780. The van der Waals surface area contributed by atoms with E-state index in [4.69, 9.17) is 4.74 Å². The lowest BCUT2D eigenvalue weighted by Gasteiger charge is -2.25. The zero-order chi connectivity index (χ0) is 17.8. The largest absolute Gasteiger partial charge is 0.606 e. The smallest absolute Gasteiger partial charge is 0.164 e. The van der Waals surface area contributed by atoms with E-state index in [-0.39, 0.29) is 0 Å². The Labute approximate surface area is 153 Å². The van der Waals surface area contributed by atoms with Gasteiger partial charge >= 0.3 is 0 Å². The molecule has 2 aromatic carbocycles. The highest BCUT2D eigenvalue weighted by Crippen LogP contribution is 2.38. The maximum absolute atomic E-state index is 13.0. The Bertz CT molecular complexity index is 732. The number of nitrogens with one attached hydrogen (secondary N) is 1. The lowest BCUT2D eigenvalue weighted by Crippen LogP contribution is -2.29. The van der Waals surface area contributed by atoms with Gasteiger partial charge in [0.1, 0.15) is 5.75 Å². The topological polar surface area (TPSA) is 47.6 Å². The van der Waals surface area contributed by atoms with Crippen LogP contribution in [0.2, 0.25) is 0 Å². The molecule has 0 radical (unpaired) electrons. The third kappa shape index (κ3) is 3.78. The summed E-state index contributed by atoms with van der Waals surface area (Å²) in [5.74, 6) is 0.811. The van der Waals surface area contributed by atoms with Gasteiger partial charge in [-0.15, -0.1) is 0 Å². The van der Waals surface area contributed by atoms with Gasteiger partial charge in [-0.1, -0.05) is 19.9 Å². The maximum Gasteiger partial charge on any atom is 0.164 e. The number of hydrogen-bond donors (Lipinski definition) is 1. The second kappa shape index (κ2) is 8.13. The minimum Gasteiger partial charge on any atom is -0.606 e. The molecule has 1 atom stereocenters. The number of likely N-dealkylation sites (N-methyl/N-ethyl adjacent to an activating group) is 1. The second-order valence-corrected chi connectivity index (χ2v) is 7.57. The molecule has 0 spiro atoms. The Balaban J connectivity index is 1.82. The van der Waals surface area contributed by atoms with Crippen LogP contribution in [0.15, 0.2) is 46.2 Å². The van der Waals surface area contributed by atoms with Crippen molar-refractivity contribution in [3.05, 3.63) is 47.5 Å². The van der Waals surface area contributed by atoms with E-state index >= 15 is 0 Å². The van der Waals surface area contributed by atoms with Crippen LogP contribution in [-0.4, -0.2) is 42.7 Å². The van der Waals surface area contributed by atoms with Crippen LogP contribution in [0, 0.1) is 0 Å². The quantitative estimate of drug-likeness (QED) is 0.770. The molecule has 1 unspecified atom stereocenters. The monoisotopic (exact) mass is 358 g/mol. The van der Waals surface area contributed by atoms with Crippen molar-refractivity contribution < 1.29 is 9.29 Å². The lowest BCUT2D eigenvalue weighted by molar-refractivity contribution is 0.316. The average Bonchev–Trinajstić information content (AvgIpc) is 2.65. The second-order valence-electron chi connectivity index (χ2n) is 6.16. The number of ether oxygens (including phenoxy) is 1. The fourth-order valence-electron chi connectivity index (χ4n) is 3.29. The van der Waals surface area contributed by atoms with Crippen LogP contribution in [-0.2, 0) is 17.6 Å². The molecule has 134 valence electrons. The first kappa shape index (κ1) is 18.1. The molecule has 0 aliphatic carbocycles.